The number of hydrogen-bond acceptors (Lipinski definition) is 4. The second-order valence-corrected chi connectivity index (χ2v) is 7.33. The fraction of sp³-hybridized carbons (Fsp3) is 0.611. The fourth-order valence-electron chi connectivity index (χ4n) is 3.29. The molecule has 5 nitrogen and oxygen atoms in total. The van der Waals surface area contributed by atoms with E-state index in [1.54, 1.807) is 0 Å². The first-order chi connectivity index (χ1) is 10.9. The molecule has 126 valence electrons. The molecule has 2 heterocycles. The van der Waals surface area contributed by atoms with Gasteiger partial charge in [0.05, 0.1) is 12.6 Å². The number of rotatable bonds is 1. The Morgan fingerprint density at radius 1 is 1.35 bits per heavy atom. The molecule has 3 rings (SSSR count). The fourth-order valence-corrected chi connectivity index (χ4v) is 3.29. The molecule has 1 saturated heterocycles. The van der Waals surface area contributed by atoms with Crippen LogP contribution in [0.15, 0.2) is 24.3 Å². The smallest absolute Gasteiger partial charge is 0.410 e. The second-order valence-electron chi connectivity index (χ2n) is 7.33. The van der Waals surface area contributed by atoms with E-state index in [-0.39, 0.29) is 18.1 Å². The van der Waals surface area contributed by atoms with Crippen LogP contribution in [-0.4, -0.2) is 48.9 Å². The number of para-hydroxylation sites is 1. The van der Waals surface area contributed by atoms with Gasteiger partial charge in [-0.3, -0.25) is 0 Å². The quantitative estimate of drug-likeness (QED) is 0.864. The lowest BCUT2D eigenvalue weighted by Gasteiger charge is -2.42. The third kappa shape index (κ3) is 3.78. The van der Waals surface area contributed by atoms with E-state index in [2.05, 4.69) is 11.4 Å². The molecular weight excluding hydrogens is 292 g/mol. The zero-order valence-corrected chi connectivity index (χ0v) is 14.2. The number of amides is 1. The molecule has 0 bridgehead atoms. The summed E-state index contributed by atoms with van der Waals surface area (Å²) in [6, 6.07) is 8.25. The van der Waals surface area contributed by atoms with Crippen LogP contribution in [0.4, 0.5) is 4.79 Å². The lowest BCUT2D eigenvalue weighted by molar-refractivity contribution is -0.000668. The van der Waals surface area contributed by atoms with Gasteiger partial charge in [0.2, 0.25) is 0 Å². The third-order valence-electron chi connectivity index (χ3n) is 4.36. The molecule has 1 aromatic carbocycles. The van der Waals surface area contributed by atoms with Crippen molar-refractivity contribution in [2.75, 3.05) is 26.2 Å². The van der Waals surface area contributed by atoms with E-state index in [9.17, 15) is 4.79 Å². The molecule has 0 aromatic heterocycles. The van der Waals surface area contributed by atoms with Crippen LogP contribution in [0.5, 0.6) is 5.75 Å². The van der Waals surface area contributed by atoms with Gasteiger partial charge >= 0.3 is 6.09 Å². The number of nitrogens with zero attached hydrogens (tertiary/aromatic N) is 1. The Balaban J connectivity index is 1.73. The Morgan fingerprint density at radius 3 is 2.91 bits per heavy atom. The van der Waals surface area contributed by atoms with Crippen LogP contribution in [0.3, 0.4) is 0 Å². The Hall–Kier alpha value is -1.75. The number of carbonyl (C=O) groups excluding carboxylic acids is 1. The number of ether oxygens (including phenoxy) is 2. The predicted octanol–water partition coefficient (Wildman–Crippen LogP) is 2.45. The SMILES string of the molecule is CC(C)(C)OC(=O)N1CCNCC1C1COc2ccccc2C1. The van der Waals surface area contributed by atoms with Crippen LogP contribution in [0.2, 0.25) is 0 Å². The number of piperazine rings is 1. The molecule has 1 fully saturated rings. The van der Waals surface area contributed by atoms with E-state index >= 15 is 0 Å². The number of benzene rings is 1. The van der Waals surface area contributed by atoms with E-state index in [4.69, 9.17) is 9.47 Å². The molecule has 0 radical (unpaired) electrons. The normalized spacial score (nSPS) is 24.6. The first-order valence-corrected chi connectivity index (χ1v) is 8.35. The average molecular weight is 318 g/mol. The van der Waals surface area contributed by atoms with Gasteiger partial charge in [0, 0.05) is 25.6 Å². The summed E-state index contributed by atoms with van der Waals surface area (Å²) in [5.41, 5.74) is 0.751. The van der Waals surface area contributed by atoms with Crippen molar-refractivity contribution >= 4 is 6.09 Å². The van der Waals surface area contributed by atoms with Crippen LogP contribution in [0.1, 0.15) is 26.3 Å². The third-order valence-corrected chi connectivity index (χ3v) is 4.36. The number of fused-ring (bicyclic) bond motifs is 1. The molecule has 2 aliphatic rings. The highest BCUT2D eigenvalue weighted by atomic mass is 16.6. The van der Waals surface area contributed by atoms with Gasteiger partial charge in [-0.05, 0) is 38.8 Å². The molecule has 0 aliphatic carbocycles. The van der Waals surface area contributed by atoms with Gasteiger partial charge in [-0.2, -0.15) is 0 Å². The van der Waals surface area contributed by atoms with E-state index in [0.717, 1.165) is 25.3 Å². The lowest BCUT2D eigenvalue weighted by Crippen LogP contribution is -2.59. The number of nitrogens with one attached hydrogen (secondary N) is 1. The molecule has 2 atom stereocenters. The Labute approximate surface area is 137 Å². The Morgan fingerprint density at radius 2 is 2.13 bits per heavy atom. The van der Waals surface area contributed by atoms with Gasteiger partial charge in [0.25, 0.3) is 0 Å². The lowest BCUT2D eigenvalue weighted by atomic mass is 9.88. The summed E-state index contributed by atoms with van der Waals surface area (Å²) in [6.45, 7) is 8.63. The van der Waals surface area contributed by atoms with Crippen LogP contribution in [0.25, 0.3) is 0 Å². The monoisotopic (exact) mass is 318 g/mol. The van der Waals surface area contributed by atoms with Gasteiger partial charge in [-0.15, -0.1) is 0 Å². The van der Waals surface area contributed by atoms with Crippen LogP contribution in [0, 0.1) is 5.92 Å². The van der Waals surface area contributed by atoms with E-state index in [1.165, 1.54) is 5.56 Å². The zero-order valence-electron chi connectivity index (χ0n) is 14.2. The highest BCUT2D eigenvalue weighted by Crippen LogP contribution is 2.30. The predicted molar refractivity (Wildman–Crippen MR) is 88.7 cm³/mol. The molecule has 1 aromatic rings. The molecule has 0 spiro atoms. The zero-order chi connectivity index (χ0) is 16.4. The van der Waals surface area contributed by atoms with Gasteiger partial charge in [0.1, 0.15) is 11.4 Å². The molecular formula is C18H26N2O3. The van der Waals surface area contributed by atoms with Crippen molar-refractivity contribution in [3.8, 4) is 5.75 Å². The van der Waals surface area contributed by atoms with Crippen molar-refractivity contribution in [3.05, 3.63) is 29.8 Å². The summed E-state index contributed by atoms with van der Waals surface area (Å²) in [4.78, 5) is 14.4. The minimum absolute atomic E-state index is 0.104. The maximum absolute atomic E-state index is 12.5. The molecule has 23 heavy (non-hydrogen) atoms. The van der Waals surface area contributed by atoms with Crippen molar-refractivity contribution in [3.63, 3.8) is 0 Å². The Kier molecular flexibility index (Phi) is 4.48. The standard InChI is InChI=1S/C18H26N2O3/c1-18(2,3)23-17(21)20-9-8-19-11-15(20)14-10-13-6-4-5-7-16(13)22-12-14/h4-7,14-15,19H,8-12H2,1-3H3. The average Bonchev–Trinajstić information content (AvgIpc) is 2.53. The van der Waals surface area contributed by atoms with Gasteiger partial charge < -0.3 is 19.7 Å². The highest BCUT2D eigenvalue weighted by molar-refractivity contribution is 5.69. The summed E-state index contributed by atoms with van der Waals surface area (Å²) in [6.07, 6.45) is 0.713. The van der Waals surface area contributed by atoms with E-state index in [1.807, 2.05) is 43.9 Å². The summed E-state index contributed by atoms with van der Waals surface area (Å²) >= 11 is 0. The van der Waals surface area contributed by atoms with Crippen LogP contribution < -0.4 is 10.1 Å². The van der Waals surface area contributed by atoms with E-state index in [0.29, 0.717) is 13.2 Å². The summed E-state index contributed by atoms with van der Waals surface area (Å²) in [5.74, 6) is 1.25. The van der Waals surface area contributed by atoms with Crippen molar-refractivity contribution in [2.24, 2.45) is 5.92 Å². The summed E-state index contributed by atoms with van der Waals surface area (Å²) in [7, 11) is 0. The summed E-state index contributed by atoms with van der Waals surface area (Å²) in [5, 5.41) is 3.40. The molecule has 1 N–H and O–H groups in total. The maximum atomic E-state index is 12.5. The first-order valence-electron chi connectivity index (χ1n) is 8.35. The maximum Gasteiger partial charge on any atom is 0.410 e. The minimum atomic E-state index is -0.470. The number of hydrogen-bond donors (Lipinski definition) is 1. The minimum Gasteiger partial charge on any atom is -0.493 e. The number of carbonyl (C=O) groups is 1. The Bertz CT molecular complexity index is 568. The van der Waals surface area contributed by atoms with Gasteiger partial charge in [0.15, 0.2) is 0 Å². The largest absolute Gasteiger partial charge is 0.493 e. The van der Waals surface area contributed by atoms with Crippen LogP contribution in [-0.2, 0) is 11.2 Å². The topological polar surface area (TPSA) is 50.8 Å². The molecule has 1 amide bonds. The van der Waals surface area contributed by atoms with Crippen molar-refractivity contribution in [1.82, 2.24) is 10.2 Å². The van der Waals surface area contributed by atoms with Crippen LogP contribution >= 0.6 is 0 Å². The van der Waals surface area contributed by atoms with E-state index < -0.39 is 5.60 Å². The summed E-state index contributed by atoms with van der Waals surface area (Å²) < 4.78 is 11.5. The van der Waals surface area contributed by atoms with Crippen molar-refractivity contribution in [2.45, 2.75) is 38.8 Å². The van der Waals surface area contributed by atoms with Gasteiger partial charge in [-0.1, -0.05) is 18.2 Å². The molecule has 2 unspecified atom stereocenters. The van der Waals surface area contributed by atoms with Crippen molar-refractivity contribution in [1.29, 1.82) is 0 Å². The van der Waals surface area contributed by atoms with Crippen molar-refractivity contribution < 1.29 is 14.3 Å². The highest BCUT2D eigenvalue weighted by Gasteiger charge is 2.37. The second kappa shape index (κ2) is 6.40. The molecule has 0 saturated carbocycles. The first kappa shape index (κ1) is 16.1. The molecule has 2 aliphatic heterocycles. The van der Waals surface area contributed by atoms with Gasteiger partial charge in [-0.25, -0.2) is 4.79 Å². The molecule has 5 heteroatoms.